The second kappa shape index (κ2) is 4.98. The topological polar surface area (TPSA) is 33.0 Å². The van der Waals surface area contributed by atoms with Crippen molar-refractivity contribution in [1.82, 2.24) is 0 Å². The molecule has 0 aromatic rings. The maximum atomic E-state index is 9.46. The second-order valence-corrected chi connectivity index (χ2v) is 6.47. The van der Waals surface area contributed by atoms with E-state index in [2.05, 4.69) is 26.5 Å². The van der Waals surface area contributed by atoms with Gasteiger partial charge in [0.25, 0.3) is 0 Å². The van der Waals surface area contributed by atoms with Gasteiger partial charge in [-0.2, -0.15) is 5.26 Å². The number of hydrogen-bond acceptors (Lipinski definition) is 2. The zero-order chi connectivity index (χ0) is 14.2. The van der Waals surface area contributed by atoms with Crippen LogP contribution in [0, 0.1) is 17.2 Å². The molecule has 19 heavy (non-hydrogen) atoms. The van der Waals surface area contributed by atoms with Crippen LogP contribution in [0.1, 0.15) is 47.0 Å². The molecule has 1 aliphatic heterocycles. The molecule has 0 bridgehead atoms. The first kappa shape index (κ1) is 14.1. The van der Waals surface area contributed by atoms with Crippen LogP contribution in [0.4, 0.5) is 0 Å². The van der Waals surface area contributed by atoms with Gasteiger partial charge in [-0.15, -0.1) is 0 Å². The van der Waals surface area contributed by atoms with Crippen molar-refractivity contribution in [3.05, 3.63) is 34.4 Å². The van der Waals surface area contributed by atoms with E-state index in [9.17, 15) is 5.26 Å². The Kier molecular flexibility index (Phi) is 3.69. The van der Waals surface area contributed by atoms with Crippen LogP contribution in [-0.2, 0) is 4.74 Å². The number of nitrogens with zero attached hydrogens (tertiary/aromatic N) is 1. The van der Waals surface area contributed by atoms with Crippen LogP contribution < -0.4 is 0 Å². The quantitative estimate of drug-likeness (QED) is 0.706. The highest BCUT2D eigenvalue weighted by Crippen LogP contribution is 2.44. The van der Waals surface area contributed by atoms with Gasteiger partial charge in [-0.1, -0.05) is 12.2 Å². The molecule has 102 valence electrons. The van der Waals surface area contributed by atoms with Crippen LogP contribution in [0.5, 0.6) is 0 Å². The van der Waals surface area contributed by atoms with Gasteiger partial charge in [0.2, 0.25) is 0 Å². The lowest BCUT2D eigenvalue weighted by molar-refractivity contribution is -0.0129. The highest BCUT2D eigenvalue weighted by atomic mass is 16.5. The second-order valence-electron chi connectivity index (χ2n) is 6.47. The predicted molar refractivity (Wildman–Crippen MR) is 77.5 cm³/mol. The third kappa shape index (κ3) is 2.98. The van der Waals surface area contributed by atoms with Gasteiger partial charge in [-0.3, -0.25) is 0 Å². The molecule has 1 saturated carbocycles. The van der Waals surface area contributed by atoms with Crippen LogP contribution in [0.2, 0.25) is 0 Å². The molecule has 2 nitrogen and oxygen atoms in total. The first-order chi connectivity index (χ1) is 8.85. The molecule has 0 spiro atoms. The van der Waals surface area contributed by atoms with Crippen LogP contribution in [0.25, 0.3) is 0 Å². The van der Waals surface area contributed by atoms with Crippen LogP contribution in [0.3, 0.4) is 0 Å². The summed E-state index contributed by atoms with van der Waals surface area (Å²) in [4.78, 5) is 0. The van der Waals surface area contributed by atoms with E-state index in [1.165, 1.54) is 24.0 Å². The Labute approximate surface area is 116 Å². The molecule has 2 rings (SSSR count). The first-order valence-electron chi connectivity index (χ1n) is 6.99. The number of ether oxygens (including phenoxy) is 1. The Morgan fingerprint density at radius 2 is 1.95 bits per heavy atom. The lowest BCUT2D eigenvalue weighted by atomic mass is 9.83. The van der Waals surface area contributed by atoms with E-state index >= 15 is 0 Å². The zero-order valence-electron chi connectivity index (χ0n) is 12.5. The molecule has 1 aliphatic carbocycles. The van der Waals surface area contributed by atoms with E-state index in [1.54, 1.807) is 0 Å². The Bertz CT molecular complexity index is 506. The number of nitriles is 1. The molecular weight excluding hydrogens is 234 g/mol. The predicted octanol–water partition coefficient (Wildman–Crippen LogP) is 4.31. The molecule has 0 amide bonds. The van der Waals surface area contributed by atoms with Gasteiger partial charge < -0.3 is 4.74 Å². The third-order valence-corrected chi connectivity index (χ3v) is 3.95. The molecule has 0 N–H and O–H groups in total. The molecule has 0 aromatic carbocycles. The zero-order valence-corrected chi connectivity index (χ0v) is 12.5. The van der Waals surface area contributed by atoms with Gasteiger partial charge in [-0.05, 0) is 63.2 Å². The maximum absolute atomic E-state index is 9.46. The fraction of sp³-hybridized carbons (Fsp3) is 0.588. The maximum Gasteiger partial charge on any atom is 0.0993 e. The highest BCUT2D eigenvalue weighted by molar-refractivity contribution is 5.54. The van der Waals surface area contributed by atoms with Gasteiger partial charge in [0.15, 0.2) is 0 Å². The number of rotatable bonds is 3. The summed E-state index contributed by atoms with van der Waals surface area (Å²) in [6.45, 7) is 13.0. The van der Waals surface area contributed by atoms with Crippen LogP contribution in [-0.4, -0.2) is 12.2 Å². The summed E-state index contributed by atoms with van der Waals surface area (Å²) in [5.74, 6) is 0.618. The molecule has 0 saturated heterocycles. The van der Waals surface area contributed by atoms with Gasteiger partial charge >= 0.3 is 0 Å². The monoisotopic (exact) mass is 257 g/mol. The number of hydrogen-bond donors (Lipinski definition) is 0. The Balaban J connectivity index is 2.47. The molecule has 1 fully saturated rings. The average molecular weight is 257 g/mol. The van der Waals surface area contributed by atoms with Crippen molar-refractivity contribution in [2.24, 2.45) is 5.92 Å². The van der Waals surface area contributed by atoms with E-state index in [0.717, 1.165) is 23.1 Å². The van der Waals surface area contributed by atoms with Crippen molar-refractivity contribution in [1.29, 1.82) is 5.26 Å². The minimum Gasteiger partial charge on any atom is -0.371 e. The Morgan fingerprint density at radius 3 is 2.42 bits per heavy atom. The van der Waals surface area contributed by atoms with Crippen molar-refractivity contribution in [3.63, 3.8) is 0 Å². The van der Waals surface area contributed by atoms with E-state index in [4.69, 9.17) is 4.74 Å². The van der Waals surface area contributed by atoms with Gasteiger partial charge in [0, 0.05) is 6.42 Å². The molecular formula is C17H23NO. The Hall–Kier alpha value is -1.33. The third-order valence-electron chi connectivity index (χ3n) is 3.95. The summed E-state index contributed by atoms with van der Waals surface area (Å²) < 4.78 is 5.93. The number of allylic oxidation sites excluding steroid dienone is 2. The van der Waals surface area contributed by atoms with Crippen molar-refractivity contribution in [2.45, 2.75) is 52.6 Å². The van der Waals surface area contributed by atoms with E-state index in [1.807, 2.05) is 13.8 Å². The van der Waals surface area contributed by atoms with Gasteiger partial charge in [-0.25, -0.2) is 0 Å². The lowest BCUT2D eigenvalue weighted by Gasteiger charge is -2.34. The largest absolute Gasteiger partial charge is 0.371 e. The SMILES string of the molecule is C=C(C1=C(C(C#N)=C(C)C)CC(C)(C)OC1)C1CC1. The van der Waals surface area contributed by atoms with E-state index in [-0.39, 0.29) is 5.60 Å². The van der Waals surface area contributed by atoms with Crippen LogP contribution >= 0.6 is 0 Å². The van der Waals surface area contributed by atoms with Crippen molar-refractivity contribution < 1.29 is 4.74 Å². The molecule has 0 radical (unpaired) electrons. The van der Waals surface area contributed by atoms with Crippen molar-refractivity contribution in [2.75, 3.05) is 6.61 Å². The molecule has 2 heteroatoms. The molecule has 0 aromatic heterocycles. The molecule has 0 atom stereocenters. The van der Waals surface area contributed by atoms with Gasteiger partial charge in [0.05, 0.1) is 23.9 Å². The molecule has 2 aliphatic rings. The van der Waals surface area contributed by atoms with Crippen LogP contribution in [0.15, 0.2) is 34.4 Å². The Morgan fingerprint density at radius 1 is 1.32 bits per heavy atom. The van der Waals surface area contributed by atoms with E-state index in [0.29, 0.717) is 12.5 Å². The lowest BCUT2D eigenvalue weighted by Crippen LogP contribution is -2.32. The summed E-state index contributed by atoms with van der Waals surface area (Å²) in [5, 5.41) is 9.46. The highest BCUT2D eigenvalue weighted by Gasteiger charge is 2.34. The average Bonchev–Trinajstić information content (AvgIpc) is 3.11. The summed E-state index contributed by atoms with van der Waals surface area (Å²) in [7, 11) is 0. The van der Waals surface area contributed by atoms with Gasteiger partial charge in [0.1, 0.15) is 0 Å². The van der Waals surface area contributed by atoms with E-state index < -0.39 is 0 Å². The summed E-state index contributed by atoms with van der Waals surface area (Å²) in [6.07, 6.45) is 3.26. The van der Waals surface area contributed by atoms with Crippen molar-refractivity contribution in [3.8, 4) is 6.07 Å². The van der Waals surface area contributed by atoms with Crippen molar-refractivity contribution >= 4 is 0 Å². The first-order valence-corrected chi connectivity index (χ1v) is 6.99. The summed E-state index contributed by atoms with van der Waals surface area (Å²) in [6, 6.07) is 2.38. The smallest absolute Gasteiger partial charge is 0.0993 e. The fourth-order valence-corrected chi connectivity index (χ4v) is 2.62. The molecule has 1 heterocycles. The summed E-state index contributed by atoms with van der Waals surface area (Å²) >= 11 is 0. The summed E-state index contributed by atoms with van der Waals surface area (Å²) in [5.41, 5.74) is 5.25. The normalized spacial score (nSPS) is 21.8. The standard InChI is InChI=1S/C17H23NO/c1-11(2)15(9-18)14-8-17(4,5)19-10-16(14)12(3)13-6-7-13/h13H,3,6-8,10H2,1-2,4-5H3. The minimum absolute atomic E-state index is 0.194. The minimum atomic E-state index is -0.194. The fourth-order valence-electron chi connectivity index (χ4n) is 2.62. The molecule has 0 unspecified atom stereocenters.